The summed E-state index contributed by atoms with van der Waals surface area (Å²) in [6.45, 7) is 4.86. The topological polar surface area (TPSA) is 0 Å². The van der Waals surface area contributed by atoms with Crippen LogP contribution in [0.3, 0.4) is 0 Å². The minimum Gasteiger partial charge on any atom is -0.0616 e. The third-order valence-electron chi connectivity index (χ3n) is 9.54. The van der Waals surface area contributed by atoms with Crippen LogP contribution in [0, 0.1) is 0 Å². The fourth-order valence-electron chi connectivity index (χ4n) is 7.95. The molecule has 0 aromatic heterocycles. The van der Waals surface area contributed by atoms with E-state index < -0.39 is 0 Å². The van der Waals surface area contributed by atoms with Gasteiger partial charge >= 0.3 is 0 Å². The Morgan fingerprint density at radius 1 is 0.341 bits per heavy atom. The number of hydrogen-bond donors (Lipinski definition) is 0. The van der Waals surface area contributed by atoms with E-state index in [9.17, 15) is 0 Å². The lowest BCUT2D eigenvalue weighted by Gasteiger charge is -2.26. The average Bonchev–Trinajstić information content (AvgIpc) is 3.26. The van der Waals surface area contributed by atoms with E-state index in [1.54, 1.807) is 0 Å². The third kappa shape index (κ3) is 2.95. The van der Waals surface area contributed by atoms with E-state index in [-0.39, 0.29) is 5.41 Å². The van der Waals surface area contributed by atoms with Crippen molar-refractivity contribution in [2.75, 3.05) is 0 Å². The Kier molecular flexibility index (Phi) is 4.49. The van der Waals surface area contributed by atoms with Crippen molar-refractivity contribution in [3.8, 4) is 22.3 Å². The van der Waals surface area contributed by atoms with Gasteiger partial charge in [-0.25, -0.2) is 0 Å². The first-order chi connectivity index (χ1) is 20.1. The number of rotatable bonds is 1. The molecule has 0 atom stereocenters. The average molecular weight is 521 g/mol. The molecule has 0 saturated carbocycles. The van der Waals surface area contributed by atoms with Crippen LogP contribution in [-0.4, -0.2) is 0 Å². The normalized spacial score (nSPS) is 13.8. The van der Waals surface area contributed by atoms with Gasteiger partial charge in [-0.15, -0.1) is 0 Å². The van der Waals surface area contributed by atoms with Gasteiger partial charge in [-0.2, -0.15) is 0 Å². The summed E-state index contributed by atoms with van der Waals surface area (Å²) in [4.78, 5) is 0. The molecule has 1 aliphatic rings. The summed E-state index contributed by atoms with van der Waals surface area (Å²) in [6, 6.07) is 49.7. The van der Waals surface area contributed by atoms with E-state index in [2.05, 4.69) is 147 Å². The lowest BCUT2D eigenvalue weighted by molar-refractivity contribution is 0.672. The molecule has 0 N–H and O–H groups in total. The summed E-state index contributed by atoms with van der Waals surface area (Å²) in [7, 11) is 0. The third-order valence-corrected chi connectivity index (χ3v) is 9.54. The van der Waals surface area contributed by atoms with E-state index in [0.717, 1.165) is 0 Å². The summed E-state index contributed by atoms with van der Waals surface area (Å²) in [5.41, 5.74) is 8.16. The highest BCUT2D eigenvalue weighted by Gasteiger charge is 2.40. The van der Waals surface area contributed by atoms with E-state index in [0.29, 0.717) is 0 Å². The van der Waals surface area contributed by atoms with Crippen molar-refractivity contribution < 1.29 is 0 Å². The summed E-state index contributed by atoms with van der Waals surface area (Å²) in [5, 5.41) is 13.2. The van der Waals surface area contributed by atoms with Gasteiger partial charge in [-0.3, -0.25) is 0 Å². The molecule has 0 unspecified atom stereocenters. The molecule has 0 saturated heterocycles. The van der Waals surface area contributed by atoms with Crippen molar-refractivity contribution in [2.24, 2.45) is 0 Å². The highest BCUT2D eigenvalue weighted by Crippen LogP contribution is 2.58. The van der Waals surface area contributed by atoms with Crippen LogP contribution in [0.25, 0.3) is 76.1 Å². The smallest absolute Gasteiger partial charge is 0.0171 e. The molecule has 0 heterocycles. The summed E-state index contributed by atoms with van der Waals surface area (Å²) >= 11 is 0. The zero-order valence-corrected chi connectivity index (χ0v) is 23.2. The van der Waals surface area contributed by atoms with E-state index in [4.69, 9.17) is 0 Å². The van der Waals surface area contributed by atoms with Gasteiger partial charge in [-0.1, -0.05) is 135 Å². The minimum atomic E-state index is -0.146. The maximum Gasteiger partial charge on any atom is 0.0171 e. The second-order valence-corrected chi connectivity index (χ2v) is 12.1. The SMILES string of the molecule is CC1(C)c2c(cc(-c3c4ccccc4cc4ccccc34)c3ccccc23)-c2c1c1ccccc1c1ccccc21. The Labute approximate surface area is 239 Å². The van der Waals surface area contributed by atoms with Gasteiger partial charge in [0.15, 0.2) is 0 Å². The van der Waals surface area contributed by atoms with Crippen LogP contribution >= 0.6 is 0 Å². The second kappa shape index (κ2) is 8.05. The Balaban J connectivity index is 1.53. The lowest BCUT2D eigenvalue weighted by atomic mass is 9.77. The van der Waals surface area contributed by atoms with Gasteiger partial charge in [0.2, 0.25) is 0 Å². The Morgan fingerprint density at radius 3 is 1.39 bits per heavy atom. The maximum atomic E-state index is 2.53. The van der Waals surface area contributed by atoms with Crippen molar-refractivity contribution in [1.82, 2.24) is 0 Å². The second-order valence-electron chi connectivity index (χ2n) is 12.1. The first-order valence-electron chi connectivity index (χ1n) is 14.5. The molecule has 0 bridgehead atoms. The van der Waals surface area contributed by atoms with Gasteiger partial charge in [0.05, 0.1) is 0 Å². The Hall–Kier alpha value is -4.94. The van der Waals surface area contributed by atoms with Gasteiger partial charge in [0, 0.05) is 5.41 Å². The van der Waals surface area contributed by atoms with Gasteiger partial charge in [-0.05, 0) is 99.4 Å². The van der Waals surface area contributed by atoms with Crippen LogP contribution in [0.15, 0.2) is 133 Å². The van der Waals surface area contributed by atoms with E-state index in [1.165, 1.54) is 87.2 Å². The molecule has 9 rings (SSSR count). The zero-order valence-electron chi connectivity index (χ0n) is 23.2. The molecule has 0 amide bonds. The zero-order chi connectivity index (χ0) is 27.3. The van der Waals surface area contributed by atoms with Gasteiger partial charge in [0.25, 0.3) is 0 Å². The highest BCUT2D eigenvalue weighted by molar-refractivity contribution is 6.23. The quantitative estimate of drug-likeness (QED) is 0.149. The number of fused-ring (bicyclic) bond motifs is 12. The Morgan fingerprint density at radius 2 is 0.780 bits per heavy atom. The summed E-state index contributed by atoms with van der Waals surface area (Å²) in [5.74, 6) is 0. The molecule has 0 aliphatic heterocycles. The molecule has 0 nitrogen and oxygen atoms in total. The van der Waals surface area contributed by atoms with Crippen LogP contribution in [-0.2, 0) is 5.41 Å². The first-order valence-corrected chi connectivity index (χ1v) is 14.5. The van der Waals surface area contributed by atoms with Crippen molar-refractivity contribution >= 4 is 53.9 Å². The van der Waals surface area contributed by atoms with Crippen LogP contribution in [0.4, 0.5) is 0 Å². The van der Waals surface area contributed by atoms with Crippen LogP contribution in [0.5, 0.6) is 0 Å². The monoisotopic (exact) mass is 520 g/mol. The standard InChI is InChI=1S/C41H28/c1-41(2)39-33-21-11-9-19-31(33)35(37-27-15-5-3-13-25(27)23-26-14-4-6-16-28(26)37)24-36(39)38-32-20-10-7-17-29(32)30-18-8-12-22-34(30)40(38)41/h3-24H,1-2H3. The first kappa shape index (κ1) is 22.8. The van der Waals surface area contributed by atoms with E-state index in [1.807, 2.05) is 0 Å². The molecular weight excluding hydrogens is 492 g/mol. The van der Waals surface area contributed by atoms with Crippen molar-refractivity contribution in [3.05, 3.63) is 145 Å². The minimum absolute atomic E-state index is 0.146. The molecule has 1 aliphatic carbocycles. The lowest BCUT2D eigenvalue weighted by Crippen LogP contribution is -2.16. The molecule has 0 fully saturated rings. The molecule has 0 radical (unpaired) electrons. The van der Waals surface area contributed by atoms with Crippen molar-refractivity contribution in [1.29, 1.82) is 0 Å². The Bertz CT molecular complexity index is 2330. The van der Waals surface area contributed by atoms with E-state index >= 15 is 0 Å². The summed E-state index contributed by atoms with van der Waals surface area (Å²) < 4.78 is 0. The summed E-state index contributed by atoms with van der Waals surface area (Å²) in [6.07, 6.45) is 0. The van der Waals surface area contributed by atoms with Crippen LogP contribution < -0.4 is 0 Å². The van der Waals surface area contributed by atoms with Crippen molar-refractivity contribution in [3.63, 3.8) is 0 Å². The van der Waals surface area contributed by atoms with Crippen LogP contribution in [0.2, 0.25) is 0 Å². The fourth-order valence-corrected chi connectivity index (χ4v) is 7.95. The predicted octanol–water partition coefficient (Wildman–Crippen LogP) is 11.4. The molecule has 8 aromatic carbocycles. The van der Waals surface area contributed by atoms with Crippen molar-refractivity contribution in [2.45, 2.75) is 19.3 Å². The molecule has 41 heavy (non-hydrogen) atoms. The molecule has 192 valence electrons. The fraction of sp³-hybridized carbons (Fsp3) is 0.0732. The van der Waals surface area contributed by atoms with Crippen LogP contribution in [0.1, 0.15) is 25.0 Å². The highest BCUT2D eigenvalue weighted by atomic mass is 14.4. The number of benzene rings is 8. The molecule has 0 heteroatoms. The maximum absolute atomic E-state index is 2.53. The van der Waals surface area contributed by atoms with Gasteiger partial charge in [0.1, 0.15) is 0 Å². The number of hydrogen-bond acceptors (Lipinski definition) is 0. The predicted molar refractivity (Wildman–Crippen MR) is 177 cm³/mol. The molecular formula is C41H28. The van der Waals surface area contributed by atoms with Gasteiger partial charge < -0.3 is 0 Å². The molecule has 0 spiro atoms. The molecule has 8 aromatic rings. The largest absolute Gasteiger partial charge is 0.0616 e.